The first-order valence-corrected chi connectivity index (χ1v) is 8.09. The molecule has 21 heavy (non-hydrogen) atoms. The van der Waals surface area contributed by atoms with Gasteiger partial charge in [0.1, 0.15) is 5.82 Å². The highest BCUT2D eigenvalue weighted by atomic mass is 16.5. The van der Waals surface area contributed by atoms with Gasteiger partial charge < -0.3 is 15.0 Å². The zero-order valence-corrected chi connectivity index (χ0v) is 13.6. The molecule has 1 saturated carbocycles. The third-order valence-electron chi connectivity index (χ3n) is 3.70. The maximum atomic E-state index is 5.69. The fraction of sp³-hybridized carbons (Fsp3) is 0.706. The van der Waals surface area contributed by atoms with Gasteiger partial charge in [-0.25, -0.2) is 4.98 Å². The Morgan fingerprint density at radius 2 is 2.24 bits per heavy atom. The minimum Gasteiger partial charge on any atom is -0.379 e. The van der Waals surface area contributed by atoms with Crippen molar-refractivity contribution >= 4 is 5.82 Å². The lowest BCUT2D eigenvalue weighted by molar-refractivity contribution is 0.131. The zero-order valence-electron chi connectivity index (χ0n) is 13.6. The number of rotatable bonds is 10. The molecule has 2 rings (SSSR count). The first-order chi connectivity index (χ1) is 10.1. The largest absolute Gasteiger partial charge is 0.379 e. The Morgan fingerprint density at radius 1 is 1.43 bits per heavy atom. The summed E-state index contributed by atoms with van der Waals surface area (Å²) in [6.07, 6.45) is 4.59. The maximum Gasteiger partial charge on any atom is 0.128 e. The van der Waals surface area contributed by atoms with E-state index in [1.807, 2.05) is 6.20 Å². The van der Waals surface area contributed by atoms with Crippen LogP contribution >= 0.6 is 0 Å². The molecule has 0 bridgehead atoms. The maximum absolute atomic E-state index is 5.69. The van der Waals surface area contributed by atoms with Crippen molar-refractivity contribution in [3.05, 3.63) is 23.9 Å². The number of pyridine rings is 1. The van der Waals surface area contributed by atoms with Crippen molar-refractivity contribution in [3.8, 4) is 0 Å². The standard InChI is InChI=1S/C17H29N3O/c1-14(2)11-18-12-16-6-7-19-17(10-16)20(3)8-9-21-13-15-4-5-15/h6-7,10,14-15,18H,4-5,8-9,11-13H2,1-3H3. The van der Waals surface area contributed by atoms with E-state index in [2.05, 4.69) is 48.2 Å². The van der Waals surface area contributed by atoms with Crippen molar-refractivity contribution < 1.29 is 4.74 Å². The highest BCUT2D eigenvalue weighted by Crippen LogP contribution is 2.28. The number of hydrogen-bond donors (Lipinski definition) is 1. The summed E-state index contributed by atoms with van der Waals surface area (Å²) in [6.45, 7) is 9.00. The molecular formula is C17H29N3O. The van der Waals surface area contributed by atoms with Crippen LogP contribution in [0.1, 0.15) is 32.3 Å². The highest BCUT2D eigenvalue weighted by Gasteiger charge is 2.20. The number of anilines is 1. The predicted octanol–water partition coefficient (Wildman–Crippen LogP) is 2.69. The number of likely N-dealkylation sites (N-methyl/N-ethyl adjacent to an activating group) is 1. The van der Waals surface area contributed by atoms with Gasteiger partial charge in [0, 0.05) is 32.9 Å². The van der Waals surface area contributed by atoms with Gasteiger partial charge in [-0.2, -0.15) is 0 Å². The summed E-state index contributed by atoms with van der Waals surface area (Å²) in [5.41, 5.74) is 1.28. The second-order valence-electron chi connectivity index (χ2n) is 6.49. The highest BCUT2D eigenvalue weighted by molar-refractivity contribution is 5.39. The fourth-order valence-corrected chi connectivity index (χ4v) is 2.14. The lowest BCUT2D eigenvalue weighted by Crippen LogP contribution is -2.24. The van der Waals surface area contributed by atoms with Gasteiger partial charge in [-0.05, 0) is 48.9 Å². The topological polar surface area (TPSA) is 37.4 Å². The van der Waals surface area contributed by atoms with Crippen molar-refractivity contribution in [2.45, 2.75) is 33.2 Å². The van der Waals surface area contributed by atoms with E-state index in [-0.39, 0.29) is 0 Å². The van der Waals surface area contributed by atoms with Crippen LogP contribution in [0.25, 0.3) is 0 Å². The second-order valence-corrected chi connectivity index (χ2v) is 6.49. The van der Waals surface area contributed by atoms with Gasteiger partial charge >= 0.3 is 0 Å². The molecule has 0 atom stereocenters. The molecule has 4 heteroatoms. The fourth-order valence-electron chi connectivity index (χ4n) is 2.14. The lowest BCUT2D eigenvalue weighted by Gasteiger charge is -2.19. The average Bonchev–Trinajstić information content (AvgIpc) is 3.27. The van der Waals surface area contributed by atoms with Crippen LogP contribution in [0.5, 0.6) is 0 Å². The summed E-state index contributed by atoms with van der Waals surface area (Å²) in [7, 11) is 2.08. The Bertz CT molecular complexity index is 418. The van der Waals surface area contributed by atoms with Crippen molar-refractivity contribution in [1.82, 2.24) is 10.3 Å². The number of nitrogens with zero attached hydrogens (tertiary/aromatic N) is 2. The van der Waals surface area contributed by atoms with Crippen molar-refractivity contribution in [2.75, 3.05) is 38.3 Å². The monoisotopic (exact) mass is 291 g/mol. The first kappa shape index (κ1) is 16.2. The molecule has 1 aromatic heterocycles. The quantitative estimate of drug-likeness (QED) is 0.673. The zero-order chi connectivity index (χ0) is 15.1. The molecule has 1 aromatic rings. The predicted molar refractivity (Wildman–Crippen MR) is 87.6 cm³/mol. The third kappa shape index (κ3) is 6.44. The minimum atomic E-state index is 0.678. The van der Waals surface area contributed by atoms with Gasteiger partial charge in [0.25, 0.3) is 0 Å². The van der Waals surface area contributed by atoms with Crippen molar-refractivity contribution in [3.63, 3.8) is 0 Å². The van der Waals surface area contributed by atoms with Crippen LogP contribution in [0.2, 0.25) is 0 Å². The Labute approximate surface area is 128 Å². The minimum absolute atomic E-state index is 0.678. The SMILES string of the molecule is CC(C)CNCc1ccnc(N(C)CCOCC2CC2)c1. The van der Waals surface area contributed by atoms with Gasteiger partial charge in [0.15, 0.2) is 0 Å². The van der Waals surface area contributed by atoms with Crippen LogP contribution < -0.4 is 10.2 Å². The molecule has 1 fully saturated rings. The van der Waals surface area contributed by atoms with Gasteiger partial charge in [-0.3, -0.25) is 0 Å². The summed E-state index contributed by atoms with van der Waals surface area (Å²) < 4.78 is 5.69. The molecule has 4 nitrogen and oxygen atoms in total. The summed E-state index contributed by atoms with van der Waals surface area (Å²) in [4.78, 5) is 6.62. The number of hydrogen-bond acceptors (Lipinski definition) is 4. The molecule has 0 aromatic carbocycles. The molecule has 0 amide bonds. The molecule has 0 unspecified atom stereocenters. The number of ether oxygens (including phenoxy) is 1. The summed E-state index contributed by atoms with van der Waals surface area (Å²) in [6, 6.07) is 4.24. The van der Waals surface area contributed by atoms with E-state index in [1.165, 1.54) is 18.4 Å². The second kappa shape index (κ2) is 8.35. The van der Waals surface area contributed by atoms with E-state index >= 15 is 0 Å². The molecule has 1 N–H and O–H groups in total. The van der Waals surface area contributed by atoms with E-state index in [4.69, 9.17) is 4.74 Å². The van der Waals surface area contributed by atoms with Crippen molar-refractivity contribution in [2.24, 2.45) is 11.8 Å². The Kier molecular flexibility index (Phi) is 6.46. The van der Waals surface area contributed by atoms with Crippen LogP contribution in [-0.2, 0) is 11.3 Å². The van der Waals surface area contributed by atoms with Crippen LogP contribution in [0, 0.1) is 11.8 Å². The third-order valence-corrected chi connectivity index (χ3v) is 3.70. The van der Waals surface area contributed by atoms with Crippen LogP contribution in [0.15, 0.2) is 18.3 Å². The van der Waals surface area contributed by atoms with E-state index in [0.29, 0.717) is 5.92 Å². The normalized spacial score (nSPS) is 14.7. The summed E-state index contributed by atoms with van der Waals surface area (Å²) >= 11 is 0. The van der Waals surface area contributed by atoms with Gasteiger partial charge in [-0.1, -0.05) is 13.8 Å². The van der Waals surface area contributed by atoms with Gasteiger partial charge in [0.05, 0.1) is 6.61 Å². The van der Waals surface area contributed by atoms with Crippen LogP contribution in [-0.4, -0.2) is 38.3 Å². The van der Waals surface area contributed by atoms with E-state index in [1.54, 1.807) is 0 Å². The van der Waals surface area contributed by atoms with Crippen molar-refractivity contribution in [1.29, 1.82) is 0 Å². The van der Waals surface area contributed by atoms with Crippen LogP contribution in [0.4, 0.5) is 5.82 Å². The number of nitrogens with one attached hydrogen (secondary N) is 1. The van der Waals surface area contributed by atoms with E-state index in [0.717, 1.165) is 44.6 Å². The molecule has 0 spiro atoms. The molecule has 0 radical (unpaired) electrons. The smallest absolute Gasteiger partial charge is 0.128 e. The van der Waals surface area contributed by atoms with Gasteiger partial charge in [0.2, 0.25) is 0 Å². The molecule has 1 aliphatic rings. The molecular weight excluding hydrogens is 262 g/mol. The Balaban J connectivity index is 1.72. The summed E-state index contributed by atoms with van der Waals surface area (Å²) in [5, 5.41) is 3.47. The Hall–Kier alpha value is -1.13. The first-order valence-electron chi connectivity index (χ1n) is 8.09. The Morgan fingerprint density at radius 3 is 2.95 bits per heavy atom. The average molecular weight is 291 g/mol. The lowest BCUT2D eigenvalue weighted by atomic mass is 10.2. The van der Waals surface area contributed by atoms with E-state index in [9.17, 15) is 0 Å². The summed E-state index contributed by atoms with van der Waals surface area (Å²) in [5.74, 6) is 2.54. The number of aromatic nitrogens is 1. The van der Waals surface area contributed by atoms with Crippen LogP contribution in [0.3, 0.4) is 0 Å². The molecule has 1 heterocycles. The molecule has 0 saturated heterocycles. The van der Waals surface area contributed by atoms with E-state index < -0.39 is 0 Å². The van der Waals surface area contributed by atoms with Gasteiger partial charge in [-0.15, -0.1) is 0 Å². The molecule has 118 valence electrons. The molecule has 0 aliphatic heterocycles. The molecule has 1 aliphatic carbocycles.